The second-order valence-corrected chi connectivity index (χ2v) is 1.47. The van der Waals surface area contributed by atoms with Crippen molar-refractivity contribution in [1.29, 1.82) is 0 Å². The van der Waals surface area contributed by atoms with E-state index in [-0.39, 0.29) is 26.2 Å². The molecule has 0 aliphatic carbocycles. The zero-order valence-corrected chi connectivity index (χ0v) is 11.6. The molecule has 0 saturated heterocycles. The largest absolute Gasteiger partial charge is 4.00 e. The molecule has 0 amide bonds. The summed E-state index contributed by atoms with van der Waals surface area (Å²) < 4.78 is 0. The van der Waals surface area contributed by atoms with E-state index >= 15 is 0 Å². The quantitative estimate of drug-likeness (QED) is 0.442. The van der Waals surface area contributed by atoms with Crippen LogP contribution in [0.2, 0.25) is 0 Å². The van der Waals surface area contributed by atoms with Crippen molar-refractivity contribution in [2.45, 2.75) is 27.7 Å². The average molecular weight is 297 g/mol. The van der Waals surface area contributed by atoms with Crippen LogP contribution < -0.4 is 15.3 Å². The van der Waals surface area contributed by atoms with Gasteiger partial charge in [-0.25, -0.2) is 0 Å². The van der Waals surface area contributed by atoms with E-state index in [0.29, 0.717) is 0 Å². The van der Waals surface area contributed by atoms with E-state index < -0.39 is 17.9 Å². The second kappa shape index (κ2) is 29.2. The van der Waals surface area contributed by atoms with Crippen molar-refractivity contribution in [3.05, 3.63) is 6.92 Å². The van der Waals surface area contributed by atoms with Crippen molar-refractivity contribution < 1.29 is 55.9 Å². The SMILES string of the molecule is CC(=O)[O-].CC(=O)[O-].CC(=O)[O-].[CH2-]C.[Zr+4]. The molecular weight excluding hydrogens is 283 g/mol. The summed E-state index contributed by atoms with van der Waals surface area (Å²) in [6, 6.07) is 0. The van der Waals surface area contributed by atoms with Crippen molar-refractivity contribution in [2.75, 3.05) is 0 Å². The van der Waals surface area contributed by atoms with Gasteiger partial charge in [-0.3, -0.25) is 0 Å². The van der Waals surface area contributed by atoms with Crippen LogP contribution in [0.5, 0.6) is 0 Å². The van der Waals surface area contributed by atoms with E-state index in [4.69, 9.17) is 29.7 Å². The first kappa shape index (κ1) is 29.2. The Balaban J connectivity index is -0.0000000298. The summed E-state index contributed by atoms with van der Waals surface area (Å²) in [5.41, 5.74) is 0. The van der Waals surface area contributed by atoms with Crippen molar-refractivity contribution in [1.82, 2.24) is 0 Å². The zero-order valence-electron chi connectivity index (χ0n) is 9.16. The Labute approximate surface area is 108 Å². The Kier molecular flexibility index (Phi) is 56.9. The molecule has 15 heavy (non-hydrogen) atoms. The number of carboxylic acids is 3. The van der Waals surface area contributed by atoms with Gasteiger partial charge in [0.05, 0.1) is 0 Å². The van der Waals surface area contributed by atoms with Gasteiger partial charge in [-0.05, 0) is 20.8 Å². The van der Waals surface area contributed by atoms with Gasteiger partial charge in [-0.1, -0.05) is 0 Å². The third kappa shape index (κ3) is 3390. The zero-order chi connectivity index (χ0) is 12.7. The van der Waals surface area contributed by atoms with Gasteiger partial charge in [0, 0.05) is 17.9 Å². The Morgan fingerprint density at radius 2 is 0.733 bits per heavy atom. The summed E-state index contributed by atoms with van der Waals surface area (Å²) in [7, 11) is 0. The number of carbonyl (C=O) groups excluding carboxylic acids is 3. The Morgan fingerprint density at radius 1 is 0.733 bits per heavy atom. The maximum atomic E-state index is 8.89. The molecule has 0 aromatic rings. The molecule has 0 heterocycles. The summed E-state index contributed by atoms with van der Waals surface area (Å²) in [4.78, 5) is 26.7. The van der Waals surface area contributed by atoms with Crippen LogP contribution in [-0.4, -0.2) is 17.9 Å². The van der Waals surface area contributed by atoms with E-state index in [1.165, 1.54) is 0 Å². The monoisotopic (exact) mass is 296 g/mol. The Hall–Kier alpha value is -0.707. The third-order valence-electron chi connectivity index (χ3n) is 0. The number of carbonyl (C=O) groups is 3. The molecular formula is C8H14O6Zr. The van der Waals surface area contributed by atoms with Gasteiger partial charge in [0.25, 0.3) is 0 Å². The van der Waals surface area contributed by atoms with Crippen LogP contribution in [-0.2, 0) is 40.6 Å². The number of carboxylic acid groups (broad SMARTS) is 3. The second-order valence-electron chi connectivity index (χ2n) is 1.47. The first-order chi connectivity index (χ1) is 6.20. The average Bonchev–Trinajstić information content (AvgIpc) is 1.86. The van der Waals surface area contributed by atoms with Crippen LogP contribution in [0.3, 0.4) is 0 Å². The predicted molar refractivity (Wildman–Crippen MR) is 43.1 cm³/mol. The first-order valence-electron chi connectivity index (χ1n) is 3.43. The molecule has 0 aromatic carbocycles. The number of hydrogen-bond acceptors (Lipinski definition) is 6. The molecule has 0 atom stereocenters. The van der Waals surface area contributed by atoms with Gasteiger partial charge in [0.1, 0.15) is 0 Å². The minimum absolute atomic E-state index is 0. The minimum atomic E-state index is -1.08. The fourth-order valence-electron chi connectivity index (χ4n) is 0. The van der Waals surface area contributed by atoms with E-state index in [0.717, 1.165) is 20.8 Å². The molecule has 0 aromatic heterocycles. The molecule has 0 spiro atoms. The van der Waals surface area contributed by atoms with E-state index in [9.17, 15) is 0 Å². The molecule has 0 unspecified atom stereocenters. The molecule has 0 fully saturated rings. The van der Waals surface area contributed by atoms with Crippen LogP contribution >= 0.6 is 0 Å². The molecule has 6 nitrogen and oxygen atoms in total. The van der Waals surface area contributed by atoms with E-state index in [1.807, 2.05) is 0 Å². The van der Waals surface area contributed by atoms with Crippen molar-refractivity contribution in [3.63, 3.8) is 0 Å². The topological polar surface area (TPSA) is 120 Å². The van der Waals surface area contributed by atoms with Crippen LogP contribution in [0.15, 0.2) is 0 Å². The van der Waals surface area contributed by atoms with Gasteiger partial charge < -0.3 is 36.6 Å². The third-order valence-corrected chi connectivity index (χ3v) is 0. The molecule has 0 aliphatic heterocycles. The normalized spacial score (nSPS) is 5.40. The van der Waals surface area contributed by atoms with Crippen molar-refractivity contribution in [3.8, 4) is 0 Å². The first-order valence-corrected chi connectivity index (χ1v) is 3.43. The Morgan fingerprint density at radius 3 is 0.733 bits per heavy atom. The maximum absolute atomic E-state index is 8.89. The predicted octanol–water partition coefficient (Wildman–Crippen LogP) is -2.89. The molecule has 86 valence electrons. The molecule has 0 bridgehead atoms. The number of rotatable bonds is 0. The van der Waals surface area contributed by atoms with Crippen molar-refractivity contribution in [2.24, 2.45) is 0 Å². The summed E-state index contributed by atoms with van der Waals surface area (Å²) in [6.07, 6.45) is 0. The van der Waals surface area contributed by atoms with E-state index in [2.05, 4.69) is 6.92 Å². The van der Waals surface area contributed by atoms with Gasteiger partial charge >= 0.3 is 26.2 Å². The molecule has 7 heteroatoms. The fourth-order valence-corrected chi connectivity index (χ4v) is 0. The minimum Gasteiger partial charge on any atom is -0.550 e. The van der Waals surface area contributed by atoms with Crippen molar-refractivity contribution >= 4 is 17.9 Å². The Bertz CT molecular complexity index is 117. The van der Waals surface area contributed by atoms with Crippen LogP contribution in [0.25, 0.3) is 0 Å². The van der Waals surface area contributed by atoms with Gasteiger partial charge in [-0.15, -0.1) is 0 Å². The smallest absolute Gasteiger partial charge is 0.550 e. The molecule has 0 radical (unpaired) electrons. The fraction of sp³-hybridized carbons (Fsp3) is 0.500. The summed E-state index contributed by atoms with van der Waals surface area (Å²) in [5.74, 6) is -3.25. The van der Waals surface area contributed by atoms with Crippen LogP contribution in [0.1, 0.15) is 27.7 Å². The number of aliphatic carboxylic acids is 3. The molecule has 0 saturated carbocycles. The molecule has 0 aliphatic rings. The molecule has 0 N–H and O–H groups in total. The van der Waals surface area contributed by atoms with Gasteiger partial charge in [0.2, 0.25) is 0 Å². The number of hydrogen-bond donors (Lipinski definition) is 0. The van der Waals surface area contributed by atoms with Crippen LogP contribution in [0, 0.1) is 6.92 Å². The molecule has 0 rings (SSSR count). The summed E-state index contributed by atoms with van der Waals surface area (Å²) in [5, 5.41) is 26.7. The van der Waals surface area contributed by atoms with Crippen LogP contribution in [0.4, 0.5) is 0 Å². The van der Waals surface area contributed by atoms with Gasteiger partial charge in [0.15, 0.2) is 0 Å². The standard InChI is InChI=1S/3C2H4O2.C2H5.Zr/c3*1-2(3)4;1-2;/h3*1H3,(H,3,4);1H2,2H3;/q;;;-1;+4/p-3. The summed E-state index contributed by atoms with van der Waals surface area (Å²) in [6.45, 7) is 7.92. The van der Waals surface area contributed by atoms with E-state index in [1.54, 1.807) is 6.92 Å². The summed E-state index contributed by atoms with van der Waals surface area (Å²) >= 11 is 0. The maximum Gasteiger partial charge on any atom is 4.00 e. The van der Waals surface area contributed by atoms with Gasteiger partial charge in [-0.2, -0.15) is 6.92 Å².